The van der Waals surface area contributed by atoms with Crippen molar-refractivity contribution in [1.29, 1.82) is 0 Å². The number of phenols is 1. The van der Waals surface area contributed by atoms with Crippen LogP contribution in [0.25, 0.3) is 0 Å². The number of unbranched alkanes of at least 4 members (excludes halogenated alkanes) is 3. The molecule has 0 heterocycles. The van der Waals surface area contributed by atoms with E-state index in [9.17, 15) is 14.3 Å². The Morgan fingerprint density at radius 2 is 2.11 bits per heavy atom. The lowest BCUT2D eigenvalue weighted by Crippen LogP contribution is -2.33. The average Bonchev–Trinajstić information content (AvgIpc) is 2.34. The molecule has 0 aliphatic rings. The molecule has 0 bridgehead atoms. The van der Waals surface area contributed by atoms with Crippen molar-refractivity contribution >= 4 is 5.91 Å². The number of amides is 1. The third-order valence-corrected chi connectivity index (χ3v) is 3.09. The highest BCUT2D eigenvalue weighted by Gasteiger charge is 2.17. The Morgan fingerprint density at radius 3 is 2.74 bits per heavy atom. The van der Waals surface area contributed by atoms with E-state index in [2.05, 4.69) is 12.2 Å². The van der Waals surface area contributed by atoms with E-state index in [1.165, 1.54) is 31.0 Å². The van der Waals surface area contributed by atoms with Gasteiger partial charge in [0.25, 0.3) is 5.91 Å². The summed E-state index contributed by atoms with van der Waals surface area (Å²) in [6.45, 7) is 4.04. The summed E-state index contributed by atoms with van der Waals surface area (Å²) in [4.78, 5) is 11.9. The highest BCUT2D eigenvalue weighted by atomic mass is 19.1. The topological polar surface area (TPSA) is 49.3 Å². The first-order valence-corrected chi connectivity index (χ1v) is 6.84. The Morgan fingerprint density at radius 1 is 1.37 bits per heavy atom. The predicted molar refractivity (Wildman–Crippen MR) is 73.8 cm³/mol. The number of hydrogen-bond donors (Lipinski definition) is 2. The smallest absolute Gasteiger partial charge is 0.258 e. The molecular formula is C15H22FNO2. The standard InChI is InChI=1S/C15H22FNO2/c1-3-4-5-6-8-11(2)17-15(19)14-12(16)9-7-10-13(14)18/h7,9-11,18H,3-6,8H2,1-2H3,(H,17,19). The lowest BCUT2D eigenvalue weighted by atomic mass is 10.1. The molecule has 0 aliphatic carbocycles. The monoisotopic (exact) mass is 267 g/mol. The van der Waals surface area contributed by atoms with Crippen molar-refractivity contribution in [3.63, 3.8) is 0 Å². The number of phenolic OH excluding ortho intramolecular Hbond substituents is 1. The first kappa shape index (κ1) is 15.5. The Labute approximate surface area is 113 Å². The van der Waals surface area contributed by atoms with E-state index in [1.807, 2.05) is 6.92 Å². The fourth-order valence-corrected chi connectivity index (χ4v) is 1.98. The van der Waals surface area contributed by atoms with Crippen molar-refractivity contribution in [2.24, 2.45) is 0 Å². The number of benzene rings is 1. The van der Waals surface area contributed by atoms with Crippen LogP contribution < -0.4 is 5.32 Å². The molecule has 1 rings (SSSR count). The van der Waals surface area contributed by atoms with Crippen LogP contribution in [-0.4, -0.2) is 17.1 Å². The minimum Gasteiger partial charge on any atom is -0.507 e. The normalized spacial score (nSPS) is 12.2. The Kier molecular flexibility index (Phi) is 6.33. The summed E-state index contributed by atoms with van der Waals surface area (Å²) < 4.78 is 13.5. The van der Waals surface area contributed by atoms with Gasteiger partial charge in [0.05, 0.1) is 0 Å². The van der Waals surface area contributed by atoms with Crippen LogP contribution in [0.15, 0.2) is 18.2 Å². The molecule has 3 nitrogen and oxygen atoms in total. The van der Waals surface area contributed by atoms with E-state index in [0.717, 1.165) is 19.3 Å². The maximum absolute atomic E-state index is 13.5. The molecule has 0 aromatic heterocycles. The molecule has 0 saturated heterocycles. The maximum Gasteiger partial charge on any atom is 0.258 e. The number of carbonyl (C=O) groups excluding carboxylic acids is 1. The number of carbonyl (C=O) groups is 1. The number of aromatic hydroxyl groups is 1. The summed E-state index contributed by atoms with van der Waals surface area (Å²) in [5, 5.41) is 12.2. The third-order valence-electron chi connectivity index (χ3n) is 3.09. The van der Waals surface area contributed by atoms with Crippen molar-refractivity contribution in [2.45, 2.75) is 52.0 Å². The van der Waals surface area contributed by atoms with Gasteiger partial charge in [-0.3, -0.25) is 4.79 Å². The van der Waals surface area contributed by atoms with Gasteiger partial charge in [-0.25, -0.2) is 4.39 Å². The van der Waals surface area contributed by atoms with Gasteiger partial charge in [0, 0.05) is 6.04 Å². The fourth-order valence-electron chi connectivity index (χ4n) is 1.98. The van der Waals surface area contributed by atoms with Crippen LogP contribution in [0.1, 0.15) is 56.3 Å². The second kappa shape index (κ2) is 7.77. The summed E-state index contributed by atoms with van der Waals surface area (Å²) >= 11 is 0. The fraction of sp³-hybridized carbons (Fsp3) is 0.533. The van der Waals surface area contributed by atoms with Gasteiger partial charge in [-0.1, -0.05) is 38.7 Å². The van der Waals surface area contributed by atoms with E-state index in [4.69, 9.17) is 0 Å². The van der Waals surface area contributed by atoms with Crippen LogP contribution in [0.2, 0.25) is 0 Å². The van der Waals surface area contributed by atoms with Crippen LogP contribution in [0, 0.1) is 5.82 Å². The lowest BCUT2D eigenvalue weighted by molar-refractivity contribution is 0.0931. The number of hydrogen-bond acceptors (Lipinski definition) is 2. The molecule has 1 amide bonds. The zero-order chi connectivity index (χ0) is 14.3. The third kappa shape index (κ3) is 4.89. The van der Waals surface area contributed by atoms with Gasteiger partial charge in [0.2, 0.25) is 0 Å². The molecular weight excluding hydrogens is 245 g/mol. The quantitative estimate of drug-likeness (QED) is 0.741. The molecule has 19 heavy (non-hydrogen) atoms. The molecule has 0 fully saturated rings. The summed E-state index contributed by atoms with van der Waals surface area (Å²) in [5.74, 6) is -1.58. The van der Waals surface area contributed by atoms with Crippen molar-refractivity contribution in [3.8, 4) is 5.75 Å². The molecule has 1 aromatic carbocycles. The van der Waals surface area contributed by atoms with Crippen molar-refractivity contribution in [1.82, 2.24) is 5.32 Å². The van der Waals surface area contributed by atoms with E-state index in [0.29, 0.717) is 0 Å². The van der Waals surface area contributed by atoms with Crippen molar-refractivity contribution < 1.29 is 14.3 Å². The van der Waals surface area contributed by atoms with Gasteiger partial charge in [0.1, 0.15) is 17.1 Å². The minimum absolute atomic E-state index is 0.0247. The number of nitrogens with one attached hydrogen (secondary N) is 1. The molecule has 1 atom stereocenters. The van der Waals surface area contributed by atoms with Crippen molar-refractivity contribution in [2.75, 3.05) is 0 Å². The molecule has 1 aromatic rings. The molecule has 0 aliphatic heterocycles. The zero-order valence-electron chi connectivity index (χ0n) is 11.6. The molecule has 0 saturated carbocycles. The van der Waals surface area contributed by atoms with Crippen LogP contribution >= 0.6 is 0 Å². The van der Waals surface area contributed by atoms with Gasteiger partial charge in [-0.15, -0.1) is 0 Å². The lowest BCUT2D eigenvalue weighted by Gasteiger charge is -2.14. The highest BCUT2D eigenvalue weighted by Crippen LogP contribution is 2.19. The van der Waals surface area contributed by atoms with E-state index < -0.39 is 11.7 Å². The Bertz CT molecular complexity index is 400. The van der Waals surface area contributed by atoms with Crippen LogP contribution in [0.4, 0.5) is 4.39 Å². The Balaban J connectivity index is 2.50. The first-order chi connectivity index (χ1) is 9.06. The van der Waals surface area contributed by atoms with Gasteiger partial charge in [-0.05, 0) is 25.5 Å². The Hall–Kier alpha value is -1.58. The molecule has 2 N–H and O–H groups in total. The van der Waals surface area contributed by atoms with Crippen LogP contribution in [0.3, 0.4) is 0 Å². The molecule has 4 heteroatoms. The highest BCUT2D eigenvalue weighted by molar-refractivity contribution is 5.97. The van der Waals surface area contributed by atoms with Crippen molar-refractivity contribution in [3.05, 3.63) is 29.6 Å². The van der Waals surface area contributed by atoms with Gasteiger partial charge in [-0.2, -0.15) is 0 Å². The van der Waals surface area contributed by atoms with E-state index in [-0.39, 0.29) is 17.4 Å². The first-order valence-electron chi connectivity index (χ1n) is 6.84. The maximum atomic E-state index is 13.5. The summed E-state index contributed by atoms with van der Waals surface area (Å²) in [6, 6.07) is 3.82. The van der Waals surface area contributed by atoms with Gasteiger partial charge in [0.15, 0.2) is 0 Å². The van der Waals surface area contributed by atoms with Gasteiger partial charge >= 0.3 is 0 Å². The van der Waals surface area contributed by atoms with E-state index in [1.54, 1.807) is 0 Å². The van der Waals surface area contributed by atoms with Gasteiger partial charge < -0.3 is 10.4 Å². The number of halogens is 1. The molecule has 1 unspecified atom stereocenters. The van der Waals surface area contributed by atoms with Crippen LogP contribution in [-0.2, 0) is 0 Å². The van der Waals surface area contributed by atoms with E-state index >= 15 is 0 Å². The largest absolute Gasteiger partial charge is 0.507 e. The summed E-state index contributed by atoms with van der Waals surface area (Å²) in [7, 11) is 0. The number of rotatable bonds is 7. The minimum atomic E-state index is -0.698. The molecule has 0 spiro atoms. The second-order valence-electron chi connectivity index (χ2n) is 4.86. The SMILES string of the molecule is CCCCCCC(C)NC(=O)c1c(O)cccc1F. The molecule has 0 radical (unpaired) electrons. The summed E-state index contributed by atoms with van der Waals surface area (Å²) in [5.41, 5.74) is -0.275. The summed E-state index contributed by atoms with van der Waals surface area (Å²) in [6.07, 6.45) is 5.40. The second-order valence-corrected chi connectivity index (χ2v) is 4.86. The van der Waals surface area contributed by atoms with Crippen LogP contribution in [0.5, 0.6) is 5.75 Å². The predicted octanol–water partition coefficient (Wildman–Crippen LogP) is 3.62. The zero-order valence-corrected chi connectivity index (χ0v) is 11.6. The molecule has 106 valence electrons. The average molecular weight is 267 g/mol.